The van der Waals surface area contributed by atoms with Gasteiger partial charge in [-0.15, -0.1) is 0 Å². The summed E-state index contributed by atoms with van der Waals surface area (Å²) >= 11 is 6.60. The fourth-order valence-electron chi connectivity index (χ4n) is 1.82. The van der Waals surface area contributed by atoms with Crippen LogP contribution in [-0.2, 0) is 10.2 Å². The average molecular weight is 399 g/mol. The smallest absolute Gasteiger partial charge is 0.301 e. The molecule has 0 saturated carbocycles. The second-order valence-electron chi connectivity index (χ2n) is 4.07. The number of rotatable bonds is 3. The van der Waals surface area contributed by atoms with Crippen molar-refractivity contribution in [2.75, 3.05) is 23.5 Å². The van der Waals surface area contributed by atoms with Crippen LogP contribution < -0.4 is 10.5 Å². The average Bonchev–Trinajstić information content (AvgIpc) is 2.77. The molecule has 0 bridgehead atoms. The molecule has 0 unspecified atom stereocenters. The van der Waals surface area contributed by atoms with Crippen molar-refractivity contribution in [1.82, 2.24) is 4.31 Å². The summed E-state index contributed by atoms with van der Waals surface area (Å²) in [6.07, 6.45) is 1.80. The zero-order valence-corrected chi connectivity index (χ0v) is 13.5. The first kappa shape index (κ1) is 14.1. The molecule has 0 amide bonds. The molecular formula is C10H13Br2N3O2S. The number of hydrogen-bond acceptors (Lipinski definition) is 3. The number of nitrogens with one attached hydrogen (secondary N) is 1. The Bertz CT molecular complexity index is 533. The molecule has 1 heterocycles. The van der Waals surface area contributed by atoms with E-state index < -0.39 is 10.2 Å². The van der Waals surface area contributed by atoms with Crippen LogP contribution in [0.25, 0.3) is 0 Å². The zero-order chi connectivity index (χ0) is 13.3. The van der Waals surface area contributed by atoms with Crippen molar-refractivity contribution < 1.29 is 8.42 Å². The van der Waals surface area contributed by atoms with Gasteiger partial charge in [0.25, 0.3) is 0 Å². The summed E-state index contributed by atoms with van der Waals surface area (Å²) in [5.74, 6) is 0. The zero-order valence-electron chi connectivity index (χ0n) is 9.49. The summed E-state index contributed by atoms with van der Waals surface area (Å²) in [7, 11) is -3.51. The van der Waals surface area contributed by atoms with Crippen molar-refractivity contribution >= 4 is 53.4 Å². The Labute approximate surface area is 123 Å². The Hall–Kier alpha value is -0.310. The third kappa shape index (κ3) is 2.98. The topological polar surface area (TPSA) is 75.4 Å². The van der Waals surface area contributed by atoms with E-state index in [4.69, 9.17) is 5.73 Å². The molecule has 5 nitrogen and oxygen atoms in total. The molecule has 0 radical (unpaired) electrons. The molecule has 1 fully saturated rings. The van der Waals surface area contributed by atoms with Crippen molar-refractivity contribution in [1.29, 1.82) is 0 Å². The summed E-state index contributed by atoms with van der Waals surface area (Å²) in [5, 5.41) is 0. The van der Waals surface area contributed by atoms with Gasteiger partial charge in [0.05, 0.1) is 11.4 Å². The van der Waals surface area contributed by atoms with Crippen LogP contribution in [0, 0.1) is 0 Å². The van der Waals surface area contributed by atoms with E-state index in [2.05, 4.69) is 36.6 Å². The third-order valence-corrected chi connectivity index (χ3v) is 5.31. The highest BCUT2D eigenvalue weighted by Gasteiger charge is 2.26. The first-order valence-electron chi connectivity index (χ1n) is 5.42. The Balaban J connectivity index is 2.29. The number of anilines is 2. The lowest BCUT2D eigenvalue weighted by Gasteiger charge is -2.18. The van der Waals surface area contributed by atoms with Gasteiger partial charge in [0.15, 0.2) is 0 Å². The molecule has 1 aromatic rings. The van der Waals surface area contributed by atoms with Crippen molar-refractivity contribution in [3.63, 3.8) is 0 Å². The second-order valence-corrected chi connectivity index (χ2v) is 7.51. The lowest BCUT2D eigenvalue weighted by Crippen LogP contribution is -2.33. The Morgan fingerprint density at radius 1 is 1.22 bits per heavy atom. The first-order valence-corrected chi connectivity index (χ1v) is 8.45. The molecule has 0 aliphatic carbocycles. The monoisotopic (exact) mass is 397 g/mol. The summed E-state index contributed by atoms with van der Waals surface area (Å²) in [6, 6.07) is 3.41. The maximum atomic E-state index is 12.1. The number of nitrogen functional groups attached to an aromatic ring is 1. The lowest BCUT2D eigenvalue weighted by molar-refractivity contribution is 0.482. The van der Waals surface area contributed by atoms with Crippen LogP contribution >= 0.6 is 31.9 Å². The maximum absolute atomic E-state index is 12.1. The summed E-state index contributed by atoms with van der Waals surface area (Å²) < 4.78 is 29.6. The molecule has 1 saturated heterocycles. The minimum Gasteiger partial charge on any atom is -0.397 e. The number of nitrogens with two attached hydrogens (primary N) is 1. The van der Waals surface area contributed by atoms with E-state index in [1.54, 1.807) is 12.1 Å². The van der Waals surface area contributed by atoms with Crippen LogP contribution in [0.15, 0.2) is 21.1 Å². The van der Waals surface area contributed by atoms with Gasteiger partial charge in [-0.05, 0) is 40.9 Å². The fraction of sp³-hybridized carbons (Fsp3) is 0.400. The molecule has 8 heteroatoms. The summed E-state index contributed by atoms with van der Waals surface area (Å²) in [5.41, 5.74) is 6.58. The highest BCUT2D eigenvalue weighted by molar-refractivity contribution is 9.11. The first-order chi connectivity index (χ1) is 8.40. The summed E-state index contributed by atoms with van der Waals surface area (Å²) in [4.78, 5) is 0. The Morgan fingerprint density at radius 2 is 1.83 bits per heavy atom. The largest absolute Gasteiger partial charge is 0.397 e. The predicted molar refractivity (Wildman–Crippen MR) is 79.6 cm³/mol. The van der Waals surface area contributed by atoms with Crippen LogP contribution in [0.3, 0.4) is 0 Å². The number of hydrogen-bond donors (Lipinski definition) is 2. The molecule has 1 aliphatic heterocycles. The van der Waals surface area contributed by atoms with Gasteiger partial charge in [-0.1, -0.05) is 15.9 Å². The highest BCUT2D eigenvalue weighted by atomic mass is 79.9. The fourth-order valence-corrected chi connectivity index (χ4v) is 4.67. The van der Waals surface area contributed by atoms with E-state index in [1.807, 2.05) is 0 Å². The molecule has 2 rings (SSSR count). The molecule has 100 valence electrons. The van der Waals surface area contributed by atoms with Gasteiger partial charge in [0, 0.05) is 22.0 Å². The van der Waals surface area contributed by atoms with Crippen molar-refractivity contribution in [3.8, 4) is 0 Å². The van der Waals surface area contributed by atoms with E-state index in [9.17, 15) is 8.42 Å². The quantitative estimate of drug-likeness (QED) is 0.768. The maximum Gasteiger partial charge on any atom is 0.301 e. The van der Waals surface area contributed by atoms with E-state index in [1.165, 1.54) is 4.31 Å². The van der Waals surface area contributed by atoms with Gasteiger partial charge in [-0.3, -0.25) is 4.72 Å². The minimum absolute atomic E-state index is 0.374. The molecule has 1 aliphatic rings. The SMILES string of the molecule is Nc1cc(Br)cc(Br)c1NS(=O)(=O)N1CCCC1. The molecular weight excluding hydrogens is 386 g/mol. The molecule has 0 aromatic heterocycles. The normalized spacial score (nSPS) is 17.0. The number of halogens is 2. The van der Waals surface area contributed by atoms with Gasteiger partial charge in [0.1, 0.15) is 0 Å². The van der Waals surface area contributed by atoms with Gasteiger partial charge >= 0.3 is 10.2 Å². The Morgan fingerprint density at radius 3 is 2.39 bits per heavy atom. The predicted octanol–water partition coefficient (Wildman–Crippen LogP) is 2.55. The van der Waals surface area contributed by atoms with Gasteiger partial charge in [0.2, 0.25) is 0 Å². The van der Waals surface area contributed by atoms with Crippen molar-refractivity contribution in [2.45, 2.75) is 12.8 Å². The van der Waals surface area contributed by atoms with Gasteiger partial charge in [-0.25, -0.2) is 0 Å². The van der Waals surface area contributed by atoms with Crippen LogP contribution in [0.4, 0.5) is 11.4 Å². The van der Waals surface area contributed by atoms with E-state index in [0.29, 0.717) is 28.9 Å². The van der Waals surface area contributed by atoms with Gasteiger partial charge < -0.3 is 5.73 Å². The van der Waals surface area contributed by atoms with E-state index >= 15 is 0 Å². The highest BCUT2D eigenvalue weighted by Crippen LogP contribution is 2.33. The van der Waals surface area contributed by atoms with Crippen molar-refractivity contribution in [3.05, 3.63) is 21.1 Å². The van der Waals surface area contributed by atoms with Crippen LogP contribution in [0.1, 0.15) is 12.8 Å². The third-order valence-electron chi connectivity index (χ3n) is 2.72. The molecule has 0 atom stereocenters. The standard InChI is InChI=1S/C10H13Br2N3O2S/c11-7-5-8(12)10(9(13)6-7)14-18(16,17)15-3-1-2-4-15/h5-6,14H,1-4,13H2. The van der Waals surface area contributed by atoms with Crippen LogP contribution in [0.2, 0.25) is 0 Å². The van der Waals surface area contributed by atoms with E-state index in [0.717, 1.165) is 17.3 Å². The van der Waals surface area contributed by atoms with E-state index in [-0.39, 0.29) is 0 Å². The van der Waals surface area contributed by atoms with Gasteiger partial charge in [-0.2, -0.15) is 12.7 Å². The number of nitrogens with zero attached hydrogens (tertiary/aromatic N) is 1. The molecule has 3 N–H and O–H groups in total. The van der Waals surface area contributed by atoms with Crippen LogP contribution in [0.5, 0.6) is 0 Å². The van der Waals surface area contributed by atoms with Crippen molar-refractivity contribution in [2.24, 2.45) is 0 Å². The van der Waals surface area contributed by atoms with Crippen LogP contribution in [-0.4, -0.2) is 25.8 Å². The second kappa shape index (κ2) is 5.36. The molecule has 18 heavy (non-hydrogen) atoms. The Kier molecular flexibility index (Phi) is 4.20. The lowest BCUT2D eigenvalue weighted by atomic mass is 10.3. The molecule has 0 spiro atoms. The summed E-state index contributed by atoms with van der Waals surface area (Å²) in [6.45, 7) is 1.12. The number of benzene rings is 1. The minimum atomic E-state index is -3.51. The molecule has 1 aromatic carbocycles.